The summed E-state index contributed by atoms with van der Waals surface area (Å²) in [7, 11) is 3.15. The van der Waals surface area contributed by atoms with Crippen molar-refractivity contribution in [1.82, 2.24) is 0 Å². The van der Waals surface area contributed by atoms with Gasteiger partial charge in [-0.05, 0) is 19.8 Å². The lowest BCUT2D eigenvalue weighted by Crippen LogP contribution is -2.21. The molecule has 0 aromatic carbocycles. The molecule has 0 unspecified atom stereocenters. The van der Waals surface area contributed by atoms with Crippen LogP contribution in [0.1, 0.15) is 26.7 Å². The van der Waals surface area contributed by atoms with Gasteiger partial charge in [0.15, 0.2) is 6.29 Å². The summed E-state index contributed by atoms with van der Waals surface area (Å²) in [6.45, 7) is 7.96. The summed E-state index contributed by atoms with van der Waals surface area (Å²) < 4.78 is 15.1. The molecule has 0 saturated carbocycles. The van der Waals surface area contributed by atoms with E-state index in [1.54, 1.807) is 21.1 Å². The molecule has 94 valence electrons. The van der Waals surface area contributed by atoms with Gasteiger partial charge in [0, 0.05) is 20.6 Å². The highest BCUT2D eigenvalue weighted by molar-refractivity contribution is 5.70. The molecule has 0 N–H and O–H groups in total. The van der Waals surface area contributed by atoms with Crippen molar-refractivity contribution in [3.8, 4) is 0 Å². The molecule has 16 heavy (non-hydrogen) atoms. The molecule has 0 aromatic rings. The molecule has 0 amide bonds. The molecule has 0 spiro atoms. The largest absolute Gasteiger partial charge is 0.466 e. The highest BCUT2D eigenvalue weighted by atomic mass is 16.7. The van der Waals surface area contributed by atoms with Gasteiger partial charge in [0.05, 0.1) is 13.0 Å². The van der Waals surface area contributed by atoms with Crippen molar-refractivity contribution in [2.24, 2.45) is 5.92 Å². The van der Waals surface area contributed by atoms with Crippen molar-refractivity contribution in [2.75, 3.05) is 20.8 Å². The standard InChI is InChI=1S/C12H22O4/c1-6-16-11(13)7-10(9(2)3)8-12(14-4)15-5/h10,12H,2,6-8H2,1,3-5H3/t10-/m0/s1. The fraction of sp³-hybridized carbons (Fsp3) is 0.750. The first-order valence-corrected chi connectivity index (χ1v) is 5.41. The normalized spacial score (nSPS) is 12.6. The Morgan fingerprint density at radius 3 is 2.25 bits per heavy atom. The van der Waals surface area contributed by atoms with Gasteiger partial charge in [-0.3, -0.25) is 4.79 Å². The van der Waals surface area contributed by atoms with E-state index in [0.717, 1.165) is 5.57 Å². The predicted molar refractivity (Wildman–Crippen MR) is 62.0 cm³/mol. The molecule has 0 bridgehead atoms. The second-order valence-corrected chi connectivity index (χ2v) is 3.69. The molecular weight excluding hydrogens is 208 g/mol. The number of methoxy groups -OCH3 is 2. The second kappa shape index (κ2) is 8.30. The smallest absolute Gasteiger partial charge is 0.306 e. The lowest BCUT2D eigenvalue weighted by Gasteiger charge is -2.21. The lowest BCUT2D eigenvalue weighted by molar-refractivity contribution is -0.145. The van der Waals surface area contributed by atoms with E-state index in [2.05, 4.69) is 6.58 Å². The second-order valence-electron chi connectivity index (χ2n) is 3.69. The number of ether oxygens (including phenoxy) is 3. The van der Waals surface area contributed by atoms with Gasteiger partial charge in [0.2, 0.25) is 0 Å². The van der Waals surface area contributed by atoms with Crippen LogP contribution in [0.5, 0.6) is 0 Å². The molecule has 0 rings (SSSR count). The first-order valence-electron chi connectivity index (χ1n) is 5.41. The molecule has 1 atom stereocenters. The van der Waals surface area contributed by atoms with Crippen LogP contribution in [-0.2, 0) is 19.0 Å². The average molecular weight is 230 g/mol. The first kappa shape index (κ1) is 15.1. The van der Waals surface area contributed by atoms with Crippen molar-refractivity contribution in [1.29, 1.82) is 0 Å². The molecule has 4 nitrogen and oxygen atoms in total. The Kier molecular flexibility index (Phi) is 7.85. The Balaban J connectivity index is 4.27. The van der Waals surface area contributed by atoms with Gasteiger partial charge in [0.25, 0.3) is 0 Å². The third-order valence-corrected chi connectivity index (χ3v) is 2.42. The molecular formula is C12H22O4. The Labute approximate surface area is 97.6 Å². The van der Waals surface area contributed by atoms with Crippen LogP contribution in [0.15, 0.2) is 12.2 Å². The Morgan fingerprint density at radius 1 is 1.31 bits per heavy atom. The van der Waals surface area contributed by atoms with Crippen LogP contribution in [0, 0.1) is 5.92 Å². The highest BCUT2D eigenvalue weighted by Gasteiger charge is 2.20. The van der Waals surface area contributed by atoms with Gasteiger partial charge in [0.1, 0.15) is 0 Å². The number of carbonyl (C=O) groups is 1. The zero-order valence-corrected chi connectivity index (χ0v) is 10.6. The number of hydrogen-bond acceptors (Lipinski definition) is 4. The lowest BCUT2D eigenvalue weighted by atomic mass is 9.94. The first-order chi connectivity index (χ1) is 7.54. The summed E-state index contributed by atoms with van der Waals surface area (Å²) in [4.78, 5) is 11.4. The fourth-order valence-corrected chi connectivity index (χ4v) is 1.40. The van der Waals surface area contributed by atoms with Crippen LogP contribution in [0.4, 0.5) is 0 Å². The molecule has 0 aliphatic carbocycles. The van der Waals surface area contributed by atoms with Crippen molar-refractivity contribution in [2.45, 2.75) is 33.0 Å². The average Bonchev–Trinajstić information content (AvgIpc) is 2.24. The summed E-state index contributed by atoms with van der Waals surface area (Å²) in [5.74, 6) is -0.176. The molecule has 0 aliphatic rings. The van der Waals surface area contributed by atoms with E-state index in [-0.39, 0.29) is 18.2 Å². The number of hydrogen-bond donors (Lipinski definition) is 0. The van der Waals surface area contributed by atoms with Crippen LogP contribution in [-0.4, -0.2) is 33.1 Å². The Morgan fingerprint density at radius 2 is 1.88 bits per heavy atom. The SMILES string of the molecule is C=C(C)[C@@H](CC(=O)OCC)CC(OC)OC. The van der Waals surface area contributed by atoms with Gasteiger partial charge < -0.3 is 14.2 Å². The third-order valence-electron chi connectivity index (χ3n) is 2.42. The maximum absolute atomic E-state index is 11.4. The minimum Gasteiger partial charge on any atom is -0.466 e. The predicted octanol–water partition coefficient (Wildman–Crippen LogP) is 2.14. The third kappa shape index (κ3) is 5.88. The molecule has 0 heterocycles. The number of allylic oxidation sites excluding steroid dienone is 1. The zero-order chi connectivity index (χ0) is 12.6. The zero-order valence-electron chi connectivity index (χ0n) is 10.6. The highest BCUT2D eigenvalue weighted by Crippen LogP contribution is 2.21. The Hall–Kier alpha value is -0.870. The Bertz CT molecular complexity index is 221. The minimum atomic E-state index is -0.309. The van der Waals surface area contributed by atoms with E-state index in [1.165, 1.54) is 0 Å². The van der Waals surface area contributed by atoms with E-state index < -0.39 is 0 Å². The van der Waals surface area contributed by atoms with Crippen LogP contribution in [0.2, 0.25) is 0 Å². The monoisotopic (exact) mass is 230 g/mol. The van der Waals surface area contributed by atoms with Crippen LogP contribution in [0.3, 0.4) is 0 Å². The quantitative estimate of drug-likeness (QED) is 0.364. The summed E-state index contributed by atoms with van der Waals surface area (Å²) in [5.41, 5.74) is 0.937. The van der Waals surface area contributed by atoms with Gasteiger partial charge >= 0.3 is 5.97 Å². The molecule has 0 fully saturated rings. The molecule has 0 aromatic heterocycles. The topological polar surface area (TPSA) is 44.8 Å². The molecule has 0 aliphatic heterocycles. The van der Waals surface area contributed by atoms with Crippen LogP contribution in [0.25, 0.3) is 0 Å². The van der Waals surface area contributed by atoms with Crippen molar-refractivity contribution in [3.05, 3.63) is 12.2 Å². The maximum Gasteiger partial charge on any atom is 0.306 e. The van der Waals surface area contributed by atoms with Crippen molar-refractivity contribution in [3.63, 3.8) is 0 Å². The van der Waals surface area contributed by atoms with Crippen LogP contribution < -0.4 is 0 Å². The molecule has 0 radical (unpaired) electrons. The van der Waals surface area contributed by atoms with E-state index in [0.29, 0.717) is 19.4 Å². The van der Waals surface area contributed by atoms with Gasteiger partial charge in [-0.1, -0.05) is 12.2 Å². The fourth-order valence-electron chi connectivity index (χ4n) is 1.40. The minimum absolute atomic E-state index is 0.0314. The van der Waals surface area contributed by atoms with Gasteiger partial charge in [-0.2, -0.15) is 0 Å². The van der Waals surface area contributed by atoms with Gasteiger partial charge in [-0.15, -0.1) is 0 Å². The van der Waals surface area contributed by atoms with Crippen molar-refractivity contribution < 1.29 is 19.0 Å². The van der Waals surface area contributed by atoms with Crippen LogP contribution >= 0.6 is 0 Å². The van der Waals surface area contributed by atoms with E-state index >= 15 is 0 Å². The van der Waals surface area contributed by atoms with Gasteiger partial charge in [-0.25, -0.2) is 0 Å². The summed E-state index contributed by atoms with van der Waals surface area (Å²) >= 11 is 0. The van der Waals surface area contributed by atoms with Crippen molar-refractivity contribution >= 4 is 5.97 Å². The summed E-state index contributed by atoms with van der Waals surface area (Å²) in [6.07, 6.45) is 0.629. The van der Waals surface area contributed by atoms with E-state index in [4.69, 9.17) is 14.2 Å². The maximum atomic E-state index is 11.4. The summed E-state index contributed by atoms with van der Waals surface area (Å²) in [6, 6.07) is 0. The van der Waals surface area contributed by atoms with E-state index in [9.17, 15) is 4.79 Å². The molecule has 0 saturated heterocycles. The number of carbonyl (C=O) groups excluding carboxylic acids is 1. The number of esters is 1. The summed E-state index contributed by atoms with van der Waals surface area (Å²) in [5, 5.41) is 0. The van der Waals surface area contributed by atoms with E-state index in [1.807, 2.05) is 6.92 Å². The molecule has 4 heteroatoms. The number of rotatable bonds is 8.